The van der Waals surface area contributed by atoms with Crippen molar-refractivity contribution in [1.82, 2.24) is 9.88 Å². The van der Waals surface area contributed by atoms with E-state index < -0.39 is 0 Å². The lowest BCUT2D eigenvalue weighted by Gasteiger charge is -2.35. The molecule has 0 spiro atoms. The number of ketones is 1. The van der Waals surface area contributed by atoms with E-state index in [9.17, 15) is 9.18 Å². The molecule has 1 fully saturated rings. The Hall–Kier alpha value is -4.73. The van der Waals surface area contributed by atoms with Crippen LogP contribution in [0.5, 0.6) is 0 Å². The van der Waals surface area contributed by atoms with Crippen molar-refractivity contribution in [2.75, 3.05) is 19.6 Å². The molecule has 0 saturated carbocycles. The van der Waals surface area contributed by atoms with Gasteiger partial charge in [0.25, 0.3) is 0 Å². The number of pyridine rings is 1. The summed E-state index contributed by atoms with van der Waals surface area (Å²) in [5.74, 6) is 1.62. The number of nitrogens with zero attached hydrogens (tertiary/aromatic N) is 4. The van der Waals surface area contributed by atoms with Gasteiger partial charge in [0.1, 0.15) is 5.82 Å². The minimum Gasteiger partial charge on any atom is -0.303 e. The third-order valence-corrected chi connectivity index (χ3v) is 9.87. The summed E-state index contributed by atoms with van der Waals surface area (Å²) in [5.41, 5.74) is 7.84. The number of nitriles is 1. The van der Waals surface area contributed by atoms with Crippen LogP contribution >= 0.6 is 0 Å². The highest BCUT2D eigenvalue weighted by atomic mass is 19.1. The zero-order valence-corrected chi connectivity index (χ0v) is 30.0. The Morgan fingerprint density at radius 3 is 2.54 bits per heavy atom. The van der Waals surface area contributed by atoms with Crippen LogP contribution in [0, 0.1) is 30.0 Å². The number of allylic oxidation sites excluding steroid dienone is 4. The average molecular weight is 673 g/mol. The number of aromatic nitrogens is 1. The van der Waals surface area contributed by atoms with Crippen LogP contribution < -0.4 is 0 Å². The van der Waals surface area contributed by atoms with Crippen LogP contribution in [0.4, 0.5) is 4.39 Å². The molecule has 262 valence electrons. The first kappa shape index (κ1) is 38.1. The second-order valence-electron chi connectivity index (χ2n) is 13.7. The van der Waals surface area contributed by atoms with Crippen molar-refractivity contribution in [2.24, 2.45) is 10.9 Å². The predicted octanol–water partition coefficient (Wildman–Crippen LogP) is 10.5. The molecule has 3 atom stereocenters. The molecular formula is C44H53FN4O. The van der Waals surface area contributed by atoms with E-state index in [-0.39, 0.29) is 13.0 Å². The number of hydrogen-bond donors (Lipinski definition) is 0. The van der Waals surface area contributed by atoms with Gasteiger partial charge in [0.15, 0.2) is 5.78 Å². The highest BCUT2D eigenvalue weighted by Crippen LogP contribution is 2.42. The molecule has 2 aliphatic rings. The van der Waals surface area contributed by atoms with Crippen molar-refractivity contribution >= 4 is 11.5 Å². The molecule has 1 aliphatic carbocycles. The second kappa shape index (κ2) is 18.9. The molecule has 2 heterocycles. The fraction of sp³-hybridized carbons (Fsp3) is 0.364. The van der Waals surface area contributed by atoms with E-state index in [1.807, 2.05) is 24.4 Å². The van der Waals surface area contributed by atoms with E-state index in [4.69, 9.17) is 10.2 Å². The molecule has 0 amide bonds. The third-order valence-electron chi connectivity index (χ3n) is 9.87. The first-order valence-corrected chi connectivity index (χ1v) is 17.7. The summed E-state index contributed by atoms with van der Waals surface area (Å²) in [6.45, 7) is 20.9. The van der Waals surface area contributed by atoms with Gasteiger partial charge in [0, 0.05) is 42.8 Å². The molecule has 5 rings (SSSR count). The number of aryl methyl sites for hydroxylation is 1. The van der Waals surface area contributed by atoms with Gasteiger partial charge in [-0.1, -0.05) is 56.5 Å². The van der Waals surface area contributed by atoms with Crippen LogP contribution in [0.15, 0.2) is 110 Å². The number of piperidine rings is 1. The lowest BCUT2D eigenvalue weighted by Crippen LogP contribution is -2.37. The van der Waals surface area contributed by atoms with Gasteiger partial charge in [-0.05, 0) is 142 Å². The van der Waals surface area contributed by atoms with Crippen LogP contribution in [0.1, 0.15) is 109 Å². The maximum atomic E-state index is 13.0. The topological polar surface area (TPSA) is 69.3 Å². The molecule has 2 aromatic carbocycles. The zero-order chi connectivity index (χ0) is 36.0. The van der Waals surface area contributed by atoms with Gasteiger partial charge in [-0.15, -0.1) is 6.58 Å². The summed E-state index contributed by atoms with van der Waals surface area (Å²) in [5, 5.41) is 8.45. The van der Waals surface area contributed by atoms with Gasteiger partial charge in [-0.25, -0.2) is 4.39 Å². The van der Waals surface area contributed by atoms with E-state index >= 15 is 0 Å². The summed E-state index contributed by atoms with van der Waals surface area (Å²) in [4.78, 5) is 24.6. The monoisotopic (exact) mass is 672 g/mol. The van der Waals surface area contributed by atoms with Crippen molar-refractivity contribution in [2.45, 2.75) is 77.0 Å². The summed E-state index contributed by atoms with van der Waals surface area (Å²) in [6.07, 6.45) is 14.5. The molecule has 1 aliphatic heterocycles. The summed E-state index contributed by atoms with van der Waals surface area (Å²) in [6, 6.07) is 19.0. The molecule has 5 nitrogen and oxygen atoms in total. The van der Waals surface area contributed by atoms with Gasteiger partial charge >= 0.3 is 0 Å². The third kappa shape index (κ3) is 10.6. The number of benzene rings is 2. The molecule has 0 radical (unpaired) electrons. The second-order valence-corrected chi connectivity index (χ2v) is 13.7. The lowest BCUT2D eigenvalue weighted by atomic mass is 9.84. The van der Waals surface area contributed by atoms with Gasteiger partial charge in [0.2, 0.25) is 0 Å². The maximum absolute atomic E-state index is 13.0. The van der Waals surface area contributed by atoms with Crippen LogP contribution in [-0.2, 0) is 6.42 Å². The Labute approximate surface area is 300 Å². The van der Waals surface area contributed by atoms with E-state index in [0.717, 1.165) is 49.4 Å². The quantitative estimate of drug-likeness (QED) is 0.0508. The van der Waals surface area contributed by atoms with Gasteiger partial charge in [-0.2, -0.15) is 5.26 Å². The number of carbonyl (C=O) groups excluding carboxylic acids is 1. The molecule has 0 N–H and O–H groups in total. The first-order valence-electron chi connectivity index (χ1n) is 17.7. The number of aliphatic imine (C=N–C) groups is 1. The van der Waals surface area contributed by atoms with Crippen molar-refractivity contribution in [3.8, 4) is 6.07 Å². The lowest BCUT2D eigenvalue weighted by molar-refractivity contribution is 0.104. The molecule has 1 aromatic heterocycles. The number of rotatable bonds is 11. The summed E-state index contributed by atoms with van der Waals surface area (Å²) in [7, 11) is 0. The number of halogens is 1. The van der Waals surface area contributed by atoms with Crippen molar-refractivity contribution < 1.29 is 10.6 Å². The smallest absolute Gasteiger partial charge is 0.185 e. The Morgan fingerprint density at radius 2 is 1.88 bits per heavy atom. The van der Waals surface area contributed by atoms with Gasteiger partial charge in [-0.3, -0.25) is 14.8 Å². The Balaban J connectivity index is 0.000000459. The number of carbonyl (C=O) groups is 1. The molecule has 3 unspecified atom stereocenters. The normalized spacial score (nSPS) is 19.7. The molecule has 50 heavy (non-hydrogen) atoms. The largest absolute Gasteiger partial charge is 0.303 e. The van der Waals surface area contributed by atoms with Gasteiger partial charge < -0.3 is 4.90 Å². The Bertz CT molecular complexity index is 1760. The number of likely N-dealkylation sites (tertiary alicyclic amines) is 1. The summed E-state index contributed by atoms with van der Waals surface area (Å²) >= 11 is 0. The van der Waals surface area contributed by atoms with Crippen LogP contribution in [0.2, 0.25) is 0 Å². The molecular weight excluding hydrogens is 620 g/mol. The average Bonchev–Trinajstić information content (AvgIpc) is 3.24. The number of hydrogen-bond acceptors (Lipinski definition) is 5. The van der Waals surface area contributed by atoms with E-state index in [2.05, 4.69) is 80.7 Å². The van der Waals surface area contributed by atoms with Gasteiger partial charge in [0.05, 0.1) is 11.6 Å². The van der Waals surface area contributed by atoms with Crippen LogP contribution in [-0.4, -0.2) is 41.0 Å². The van der Waals surface area contributed by atoms with E-state index in [0.29, 0.717) is 41.2 Å². The van der Waals surface area contributed by atoms with Crippen molar-refractivity contribution in [3.63, 3.8) is 0 Å². The van der Waals surface area contributed by atoms with E-state index in [1.165, 1.54) is 48.2 Å². The fourth-order valence-corrected chi connectivity index (χ4v) is 7.39. The zero-order valence-electron chi connectivity index (χ0n) is 30.0. The van der Waals surface area contributed by atoms with E-state index in [1.54, 1.807) is 24.3 Å². The van der Waals surface area contributed by atoms with Crippen molar-refractivity contribution in [1.29, 1.82) is 5.26 Å². The first-order chi connectivity index (χ1) is 24.1. The molecule has 1 saturated heterocycles. The molecule has 6 heteroatoms. The fourth-order valence-electron chi connectivity index (χ4n) is 7.39. The number of fused-ring (bicyclic) bond motifs is 1. The highest BCUT2D eigenvalue weighted by Gasteiger charge is 2.31. The Kier molecular flexibility index (Phi) is 14.4. The SMILES string of the molecule is C=C/C=C\N=C(C)CC1CC(CN2CCC(c3cccc(C)n3)CC2)CC(C)c2ccc(C(=O)C=C)cc21.C=CCc1ccc(C#N)cc1F.[HH]. The van der Waals surface area contributed by atoms with Crippen LogP contribution in [0.3, 0.4) is 0 Å². The Morgan fingerprint density at radius 1 is 1.10 bits per heavy atom. The molecule has 3 aromatic rings. The van der Waals surface area contributed by atoms with Crippen molar-refractivity contribution in [3.05, 3.63) is 150 Å². The standard InChI is InChI=1S/C34H43N3O.C10H8FN.H2/c1-6-8-16-35-26(5)20-30-21-27(19-24(3)31-13-12-29(22-32(30)31)34(38)7-2)23-37-17-14-28(15-18-37)33-11-9-10-25(4)36-33;1-2-3-9-5-4-8(7-12)6-10(9)11;/h6-13,16,22,24,27-28,30H,1-2,14-15,17-21,23H2,3-5H3;2,4-6H,1,3H2;1H/b16-8-,35-26?;;. The van der Waals surface area contributed by atoms with Crippen LogP contribution in [0.25, 0.3) is 0 Å². The minimum atomic E-state index is -0.339. The maximum Gasteiger partial charge on any atom is 0.185 e. The summed E-state index contributed by atoms with van der Waals surface area (Å²) < 4.78 is 13.0. The highest BCUT2D eigenvalue weighted by molar-refractivity contribution is 6.04. The minimum absolute atomic E-state index is 0. The molecule has 0 bridgehead atoms. The predicted molar refractivity (Wildman–Crippen MR) is 206 cm³/mol.